The van der Waals surface area contributed by atoms with Gasteiger partial charge in [-0.05, 0) is 12.5 Å². The maximum Gasteiger partial charge on any atom is 0.491 e. The van der Waals surface area contributed by atoms with Crippen LogP contribution in [0, 0.1) is 0 Å². The minimum absolute atomic E-state index is 0.0845. The van der Waals surface area contributed by atoms with Crippen LogP contribution in [0.5, 0.6) is 0 Å². The molecule has 1 aliphatic carbocycles. The second-order valence-corrected chi connectivity index (χ2v) is 2.21. The summed E-state index contributed by atoms with van der Waals surface area (Å²) in [5, 5.41) is 17.3. The Bertz CT molecular complexity index is 231. The SMILES string of the molecule is OB(O)C1=CC=CCC=C1F. The quantitative estimate of drug-likeness (QED) is 0.546. The van der Waals surface area contributed by atoms with Crippen molar-refractivity contribution < 1.29 is 14.4 Å². The van der Waals surface area contributed by atoms with Crippen molar-refractivity contribution in [3.63, 3.8) is 0 Å². The van der Waals surface area contributed by atoms with Gasteiger partial charge in [0.2, 0.25) is 0 Å². The van der Waals surface area contributed by atoms with E-state index in [9.17, 15) is 4.39 Å². The third-order valence-electron chi connectivity index (χ3n) is 1.40. The molecule has 0 bridgehead atoms. The highest BCUT2D eigenvalue weighted by Gasteiger charge is 2.18. The number of hydrogen-bond donors (Lipinski definition) is 2. The van der Waals surface area contributed by atoms with Crippen LogP contribution in [0.2, 0.25) is 0 Å². The van der Waals surface area contributed by atoms with Crippen molar-refractivity contribution in [1.29, 1.82) is 0 Å². The topological polar surface area (TPSA) is 40.5 Å². The van der Waals surface area contributed by atoms with E-state index in [0.29, 0.717) is 6.42 Å². The van der Waals surface area contributed by atoms with Crippen LogP contribution in [-0.4, -0.2) is 17.2 Å². The van der Waals surface area contributed by atoms with Crippen LogP contribution in [0.25, 0.3) is 0 Å². The van der Waals surface area contributed by atoms with Gasteiger partial charge in [-0.15, -0.1) is 0 Å². The predicted octanol–water partition coefficient (Wildman–Crippen LogP) is 0.738. The average molecular weight is 154 g/mol. The summed E-state index contributed by atoms with van der Waals surface area (Å²) in [7, 11) is -1.73. The van der Waals surface area contributed by atoms with E-state index in [1.54, 1.807) is 12.2 Å². The van der Waals surface area contributed by atoms with Gasteiger partial charge in [-0.2, -0.15) is 0 Å². The van der Waals surface area contributed by atoms with Gasteiger partial charge in [0.25, 0.3) is 0 Å². The number of hydrogen-bond acceptors (Lipinski definition) is 2. The third-order valence-corrected chi connectivity index (χ3v) is 1.40. The number of halogens is 1. The molecule has 0 unspecified atom stereocenters. The highest BCUT2D eigenvalue weighted by molar-refractivity contribution is 6.52. The second-order valence-electron chi connectivity index (χ2n) is 2.21. The van der Waals surface area contributed by atoms with E-state index in [0.717, 1.165) is 0 Å². The smallest absolute Gasteiger partial charge is 0.423 e. The molecule has 0 atom stereocenters. The van der Waals surface area contributed by atoms with Crippen LogP contribution >= 0.6 is 0 Å². The van der Waals surface area contributed by atoms with Crippen LogP contribution in [0.15, 0.2) is 35.6 Å². The minimum atomic E-state index is -1.73. The van der Waals surface area contributed by atoms with Crippen molar-refractivity contribution in [3.05, 3.63) is 35.6 Å². The number of rotatable bonds is 1. The molecule has 0 heterocycles. The Morgan fingerprint density at radius 1 is 1.45 bits per heavy atom. The lowest BCUT2D eigenvalue weighted by molar-refractivity contribution is 0.416. The van der Waals surface area contributed by atoms with E-state index < -0.39 is 12.9 Å². The van der Waals surface area contributed by atoms with Gasteiger partial charge in [0.05, 0.1) is 0 Å². The first-order valence-electron chi connectivity index (χ1n) is 3.30. The van der Waals surface area contributed by atoms with Gasteiger partial charge in [0.15, 0.2) is 0 Å². The van der Waals surface area contributed by atoms with E-state index in [1.165, 1.54) is 12.2 Å². The van der Waals surface area contributed by atoms with Gasteiger partial charge in [-0.25, -0.2) is 4.39 Å². The fraction of sp³-hybridized carbons (Fsp3) is 0.143. The van der Waals surface area contributed by atoms with Crippen molar-refractivity contribution in [3.8, 4) is 0 Å². The third kappa shape index (κ3) is 2.03. The average Bonchev–Trinajstić information content (AvgIpc) is 2.13. The molecule has 0 amide bonds. The molecule has 0 aromatic heterocycles. The zero-order valence-electron chi connectivity index (χ0n) is 5.87. The highest BCUT2D eigenvalue weighted by Crippen LogP contribution is 2.16. The van der Waals surface area contributed by atoms with Gasteiger partial charge >= 0.3 is 7.12 Å². The van der Waals surface area contributed by atoms with E-state index in [1.807, 2.05) is 0 Å². The summed E-state index contributed by atoms with van der Waals surface area (Å²) in [6.07, 6.45) is 6.46. The fourth-order valence-corrected chi connectivity index (χ4v) is 0.829. The van der Waals surface area contributed by atoms with E-state index in [4.69, 9.17) is 10.0 Å². The molecule has 0 aliphatic heterocycles. The summed E-state index contributed by atoms with van der Waals surface area (Å²) in [6.45, 7) is 0. The van der Waals surface area contributed by atoms with Gasteiger partial charge in [0, 0.05) is 5.47 Å². The van der Waals surface area contributed by atoms with Crippen molar-refractivity contribution in [2.24, 2.45) is 0 Å². The molecule has 1 rings (SSSR count). The summed E-state index contributed by atoms with van der Waals surface area (Å²) in [6, 6.07) is 0. The molecule has 11 heavy (non-hydrogen) atoms. The first-order chi connectivity index (χ1) is 5.22. The first kappa shape index (κ1) is 8.23. The first-order valence-corrected chi connectivity index (χ1v) is 3.30. The maximum absolute atomic E-state index is 12.8. The van der Waals surface area contributed by atoms with Crippen molar-refractivity contribution in [2.45, 2.75) is 6.42 Å². The summed E-state index contributed by atoms with van der Waals surface area (Å²) < 4.78 is 12.8. The second kappa shape index (κ2) is 3.50. The Labute approximate surface area is 64.5 Å². The van der Waals surface area contributed by atoms with E-state index >= 15 is 0 Å². The molecule has 58 valence electrons. The minimum Gasteiger partial charge on any atom is -0.423 e. The van der Waals surface area contributed by atoms with Crippen molar-refractivity contribution >= 4 is 7.12 Å². The molecule has 0 aromatic carbocycles. The molecule has 0 saturated heterocycles. The van der Waals surface area contributed by atoms with Crippen LogP contribution in [0.4, 0.5) is 4.39 Å². The molecule has 0 aromatic rings. The molecule has 4 heteroatoms. The van der Waals surface area contributed by atoms with Crippen LogP contribution in [0.3, 0.4) is 0 Å². The van der Waals surface area contributed by atoms with Gasteiger partial charge < -0.3 is 10.0 Å². The fourth-order valence-electron chi connectivity index (χ4n) is 0.829. The van der Waals surface area contributed by atoms with Gasteiger partial charge in [0.1, 0.15) is 5.83 Å². The summed E-state index contributed by atoms with van der Waals surface area (Å²) in [5.41, 5.74) is -0.0845. The molecule has 0 radical (unpaired) electrons. The van der Waals surface area contributed by atoms with Crippen LogP contribution in [0.1, 0.15) is 6.42 Å². The molecule has 0 fully saturated rings. The Hall–Kier alpha value is -0.865. The zero-order valence-corrected chi connectivity index (χ0v) is 5.87. The largest absolute Gasteiger partial charge is 0.491 e. The Balaban J connectivity index is 2.89. The summed E-state index contributed by atoms with van der Waals surface area (Å²) in [4.78, 5) is 0. The molecule has 2 N–H and O–H groups in total. The van der Waals surface area contributed by atoms with E-state index in [-0.39, 0.29) is 5.47 Å². The zero-order chi connectivity index (χ0) is 8.27. The standard InChI is InChI=1S/C7H8BFO2/c9-7-5-3-1-2-4-6(7)8(10)11/h1-2,4-5,10-11H,3H2. The Morgan fingerprint density at radius 3 is 2.82 bits per heavy atom. The molecule has 1 aliphatic rings. The van der Waals surface area contributed by atoms with Crippen molar-refractivity contribution in [1.82, 2.24) is 0 Å². The van der Waals surface area contributed by atoms with Crippen molar-refractivity contribution in [2.75, 3.05) is 0 Å². The predicted molar refractivity (Wildman–Crippen MR) is 41.2 cm³/mol. The van der Waals surface area contributed by atoms with Crippen LogP contribution < -0.4 is 0 Å². The van der Waals surface area contributed by atoms with Gasteiger partial charge in [-0.3, -0.25) is 0 Å². The summed E-state index contributed by atoms with van der Waals surface area (Å²) >= 11 is 0. The highest BCUT2D eigenvalue weighted by atomic mass is 19.1. The number of allylic oxidation sites excluding steroid dienone is 6. The summed E-state index contributed by atoms with van der Waals surface area (Å²) in [5.74, 6) is -0.565. The Kier molecular flexibility index (Phi) is 2.62. The lowest BCUT2D eigenvalue weighted by Gasteiger charge is -1.99. The molecular formula is C7H8BFO2. The Morgan fingerprint density at radius 2 is 2.18 bits per heavy atom. The lowest BCUT2D eigenvalue weighted by Crippen LogP contribution is -2.15. The molecular weight excluding hydrogens is 146 g/mol. The van der Waals surface area contributed by atoms with E-state index in [2.05, 4.69) is 0 Å². The van der Waals surface area contributed by atoms with Crippen LogP contribution in [-0.2, 0) is 0 Å². The normalized spacial score (nSPS) is 17.0. The molecule has 2 nitrogen and oxygen atoms in total. The van der Waals surface area contributed by atoms with Gasteiger partial charge in [-0.1, -0.05) is 18.2 Å². The monoisotopic (exact) mass is 154 g/mol. The lowest BCUT2D eigenvalue weighted by atomic mass is 9.78. The maximum atomic E-state index is 12.8. The molecule has 0 saturated carbocycles. The molecule has 0 spiro atoms.